The average molecular weight is 370 g/mol. The third-order valence-corrected chi connectivity index (χ3v) is 3.78. The first-order chi connectivity index (χ1) is 9.19. The van der Waals surface area contributed by atoms with Gasteiger partial charge >= 0.3 is 17.5 Å². The highest BCUT2D eigenvalue weighted by molar-refractivity contribution is 8.13. The summed E-state index contributed by atoms with van der Waals surface area (Å²) in [6, 6.07) is 0.939. The van der Waals surface area contributed by atoms with Gasteiger partial charge in [0.2, 0.25) is 9.05 Å². The average Bonchev–Trinajstić information content (AvgIpc) is 2.16. The van der Waals surface area contributed by atoms with Crippen LogP contribution in [-0.2, 0) is 25.3 Å². The molecule has 0 saturated heterocycles. The highest BCUT2D eigenvalue weighted by atomic mass is 35.7. The molecule has 0 spiro atoms. The van der Waals surface area contributed by atoms with Crippen LogP contribution < -0.4 is 9.65 Å². The smallest absolute Gasteiger partial charge is 0.445 e. The summed E-state index contributed by atoms with van der Waals surface area (Å²) in [7, 11) is -4.81. The van der Waals surface area contributed by atoms with Crippen LogP contribution in [0.15, 0.2) is 12.1 Å². The van der Waals surface area contributed by atoms with Crippen LogP contribution >= 0.6 is 10.7 Å². The van der Waals surface area contributed by atoms with E-state index < -0.39 is 54.6 Å². The maximum atomic E-state index is 12.9. The minimum Gasteiger partial charge on any atom is -0.445 e. The van der Waals surface area contributed by atoms with Crippen LogP contribution in [0.25, 0.3) is 0 Å². The summed E-state index contributed by atoms with van der Waals surface area (Å²) in [5.41, 5.74) is -2.21. The number of hydrogen-bond acceptors (Lipinski definition) is 5. The summed E-state index contributed by atoms with van der Waals surface area (Å²) in [6.07, 6.45) is 0. The van der Waals surface area contributed by atoms with E-state index in [0.717, 1.165) is 6.92 Å². The Hall–Kier alpha value is -1.01. The van der Waals surface area contributed by atoms with E-state index in [9.17, 15) is 33.7 Å². The van der Waals surface area contributed by atoms with Gasteiger partial charge in [-0.1, -0.05) is 9.45 Å². The third-order valence-electron chi connectivity index (χ3n) is 2.41. The van der Waals surface area contributed by atoms with Gasteiger partial charge in [0.05, 0.1) is 5.75 Å². The van der Waals surface area contributed by atoms with Crippen molar-refractivity contribution in [2.45, 2.75) is 12.7 Å². The number of rotatable bonds is 5. The van der Waals surface area contributed by atoms with Gasteiger partial charge in [-0.2, -0.15) is 8.42 Å². The van der Waals surface area contributed by atoms with Crippen molar-refractivity contribution < 1.29 is 37.9 Å². The lowest BCUT2D eigenvalue weighted by molar-refractivity contribution is 0.439. The monoisotopic (exact) mass is 369 g/mol. The van der Waals surface area contributed by atoms with Gasteiger partial charge in [-0.3, -0.25) is 0 Å². The molecule has 0 saturated carbocycles. The molecule has 5 nitrogen and oxygen atoms in total. The zero-order valence-electron chi connectivity index (χ0n) is 10.2. The molecule has 1 aromatic rings. The zero-order valence-corrected chi connectivity index (χ0v) is 12.6. The second kappa shape index (κ2) is 5.65. The van der Waals surface area contributed by atoms with Crippen LogP contribution in [0.3, 0.4) is 0 Å². The lowest BCUT2D eigenvalue weighted by atomic mass is 9.76. The largest absolute Gasteiger partial charge is 0.510 e. The van der Waals surface area contributed by atoms with Crippen LogP contribution in [-0.4, -0.2) is 23.8 Å². The molecule has 0 aliphatic rings. The molecule has 0 atom stereocenters. The van der Waals surface area contributed by atoms with Gasteiger partial charge in [0.15, 0.2) is 0 Å². The van der Waals surface area contributed by atoms with E-state index in [1.807, 2.05) is 0 Å². The molecule has 0 bridgehead atoms. The van der Waals surface area contributed by atoms with Gasteiger partial charge < -0.3 is 17.1 Å². The molecule has 13 heteroatoms. The van der Waals surface area contributed by atoms with E-state index in [1.54, 1.807) is 0 Å². The van der Waals surface area contributed by atoms with Crippen molar-refractivity contribution in [3.8, 4) is 5.75 Å². The van der Waals surface area contributed by atoms with Crippen molar-refractivity contribution in [3.05, 3.63) is 23.3 Å². The lowest BCUT2D eigenvalue weighted by Gasteiger charge is -2.21. The fourth-order valence-electron chi connectivity index (χ4n) is 1.61. The molecule has 0 N–H and O–H groups in total. The van der Waals surface area contributed by atoms with Crippen LogP contribution in [0.5, 0.6) is 5.75 Å². The Balaban J connectivity index is 3.53. The Morgan fingerprint density at radius 2 is 1.71 bits per heavy atom. The number of hydrogen-bond donors (Lipinski definition) is 0. The minimum atomic E-state index is -5.60. The summed E-state index contributed by atoms with van der Waals surface area (Å²) in [5.74, 6) is -1.99. The highest BCUT2D eigenvalue weighted by Crippen LogP contribution is 2.24. The lowest BCUT2D eigenvalue weighted by Crippen LogP contribution is -2.37. The highest BCUT2D eigenvalue weighted by Gasteiger charge is 2.30. The maximum absolute atomic E-state index is 12.9. The first kappa shape index (κ1) is 18.0. The second-order valence-electron chi connectivity index (χ2n) is 4.03. The molecule has 0 radical (unpaired) electrons. The molecule has 120 valence electrons. The standard InChI is InChI=1S/C8H7BClF4O5S2/c1-5-6(4-20(10,15)16)2-7(19-21(14,17)18)3-8(5)9(11,12)13/h2-3H,4H2,1H3/q-1. The van der Waals surface area contributed by atoms with Crippen molar-refractivity contribution in [2.24, 2.45) is 0 Å². The van der Waals surface area contributed by atoms with E-state index in [2.05, 4.69) is 4.18 Å². The van der Waals surface area contributed by atoms with Crippen LogP contribution in [0.2, 0.25) is 0 Å². The van der Waals surface area contributed by atoms with E-state index in [-0.39, 0.29) is 6.07 Å². The normalized spacial score (nSPS) is 13.2. The van der Waals surface area contributed by atoms with Gasteiger partial charge in [-0.05, 0) is 24.6 Å². The molecule has 0 heterocycles. The zero-order chi connectivity index (χ0) is 16.6. The van der Waals surface area contributed by atoms with E-state index in [1.165, 1.54) is 0 Å². The Morgan fingerprint density at radius 3 is 2.10 bits per heavy atom. The quantitative estimate of drug-likeness (QED) is 0.449. The number of halogens is 5. The summed E-state index contributed by atoms with van der Waals surface area (Å²) in [5, 5.41) is 0. The molecule has 0 amide bonds. The Morgan fingerprint density at radius 1 is 1.19 bits per heavy atom. The molecule has 0 aromatic heterocycles. The van der Waals surface area contributed by atoms with Gasteiger partial charge in [0, 0.05) is 10.7 Å². The fourth-order valence-corrected chi connectivity index (χ4v) is 2.96. The van der Waals surface area contributed by atoms with Gasteiger partial charge in [-0.25, -0.2) is 8.42 Å². The summed E-state index contributed by atoms with van der Waals surface area (Å²) < 4.78 is 97.3. The summed E-state index contributed by atoms with van der Waals surface area (Å²) in [4.78, 5) is 0. The molecule has 1 aromatic carbocycles. The first-order valence-electron chi connectivity index (χ1n) is 5.09. The van der Waals surface area contributed by atoms with Crippen molar-refractivity contribution in [3.63, 3.8) is 0 Å². The second-order valence-corrected chi connectivity index (χ2v) is 7.76. The SMILES string of the molecule is Cc1c(CS(=O)(=O)Cl)cc(OS(=O)(=O)F)cc1[B-](F)(F)F. The molecule has 21 heavy (non-hydrogen) atoms. The Kier molecular flexibility index (Phi) is 4.85. The predicted molar refractivity (Wildman–Crippen MR) is 69.0 cm³/mol. The van der Waals surface area contributed by atoms with Crippen molar-refractivity contribution in [1.29, 1.82) is 0 Å². The van der Waals surface area contributed by atoms with Crippen LogP contribution in [0.1, 0.15) is 11.1 Å². The summed E-state index contributed by atoms with van der Waals surface area (Å²) in [6.45, 7) is -4.62. The molecular weight excluding hydrogens is 362 g/mol. The molecular formula is C8H7BClF4O5S2-. The number of benzene rings is 1. The molecule has 1 rings (SSSR count). The minimum absolute atomic E-state index is 0.275. The Labute approximate surface area is 122 Å². The van der Waals surface area contributed by atoms with Gasteiger partial charge in [0.1, 0.15) is 5.75 Å². The molecule has 0 fully saturated rings. The van der Waals surface area contributed by atoms with Crippen molar-refractivity contribution in [1.82, 2.24) is 0 Å². The van der Waals surface area contributed by atoms with Gasteiger partial charge in [0.25, 0.3) is 0 Å². The molecule has 0 unspecified atom stereocenters. The predicted octanol–water partition coefficient (Wildman–Crippen LogP) is 1.71. The van der Waals surface area contributed by atoms with Crippen molar-refractivity contribution >= 4 is 42.7 Å². The molecule has 0 aliphatic heterocycles. The first-order valence-corrected chi connectivity index (χ1v) is 8.87. The third kappa shape index (κ3) is 5.71. The Bertz CT molecular complexity index is 760. The fraction of sp³-hybridized carbons (Fsp3) is 0.250. The maximum Gasteiger partial charge on any atom is 0.510 e. The van der Waals surface area contributed by atoms with E-state index >= 15 is 0 Å². The van der Waals surface area contributed by atoms with Crippen LogP contribution in [0.4, 0.5) is 16.8 Å². The van der Waals surface area contributed by atoms with E-state index in [0.29, 0.717) is 6.07 Å². The summed E-state index contributed by atoms with van der Waals surface area (Å²) >= 11 is 0. The molecule has 0 aliphatic carbocycles. The van der Waals surface area contributed by atoms with E-state index in [4.69, 9.17) is 10.7 Å². The van der Waals surface area contributed by atoms with Crippen LogP contribution in [0, 0.1) is 6.92 Å². The van der Waals surface area contributed by atoms with Gasteiger partial charge in [-0.15, -0.1) is 5.46 Å². The van der Waals surface area contributed by atoms with Crippen molar-refractivity contribution in [2.75, 3.05) is 0 Å². The topological polar surface area (TPSA) is 77.5 Å².